The van der Waals surface area contributed by atoms with Gasteiger partial charge in [-0.1, -0.05) is 18.5 Å². The van der Waals surface area contributed by atoms with Crippen molar-refractivity contribution in [2.75, 3.05) is 0 Å². The molecule has 0 radical (unpaired) electrons. The van der Waals surface area contributed by atoms with Crippen LogP contribution in [0.25, 0.3) is 0 Å². The first kappa shape index (κ1) is 14.8. The molecule has 0 saturated carbocycles. The molecule has 1 aliphatic heterocycles. The molecule has 1 aliphatic rings. The minimum atomic E-state index is -0.505. The molecule has 3 atom stereocenters. The molecule has 4 nitrogen and oxygen atoms in total. The molecule has 0 spiro atoms. The summed E-state index contributed by atoms with van der Waals surface area (Å²) in [5.41, 5.74) is 1.84. The van der Waals surface area contributed by atoms with Crippen molar-refractivity contribution in [3.8, 4) is 0 Å². The minimum Gasteiger partial charge on any atom is -0.390 e. The van der Waals surface area contributed by atoms with Crippen LogP contribution in [0.3, 0.4) is 0 Å². The summed E-state index contributed by atoms with van der Waals surface area (Å²) < 4.78 is 7.61. The number of aryl methyl sites for hydroxylation is 2. The van der Waals surface area contributed by atoms with E-state index < -0.39 is 6.10 Å². The number of aromatic nitrogens is 2. The molecule has 2 heterocycles. The van der Waals surface area contributed by atoms with Gasteiger partial charge in [0.2, 0.25) is 0 Å². The average molecular weight is 287 g/mol. The van der Waals surface area contributed by atoms with Crippen molar-refractivity contribution >= 4 is 11.6 Å². The Labute approximate surface area is 119 Å². The maximum atomic E-state index is 10.3. The minimum absolute atomic E-state index is 0.0728. The average Bonchev–Trinajstić information content (AvgIpc) is 2.95. The molecular weight excluding hydrogens is 264 g/mol. The van der Waals surface area contributed by atoms with Gasteiger partial charge in [-0.15, -0.1) is 0 Å². The normalized spacial score (nSPS) is 24.9. The van der Waals surface area contributed by atoms with Crippen LogP contribution in [0.4, 0.5) is 0 Å². The van der Waals surface area contributed by atoms with E-state index in [0.29, 0.717) is 11.4 Å². The van der Waals surface area contributed by atoms with Crippen molar-refractivity contribution in [2.45, 2.75) is 71.3 Å². The lowest BCUT2D eigenvalue weighted by atomic mass is 10.0. The molecule has 0 aromatic carbocycles. The van der Waals surface area contributed by atoms with Crippen molar-refractivity contribution in [3.05, 3.63) is 16.4 Å². The Morgan fingerprint density at radius 2 is 2.21 bits per heavy atom. The molecule has 0 bridgehead atoms. The van der Waals surface area contributed by atoms with Gasteiger partial charge in [-0.2, -0.15) is 5.10 Å². The van der Waals surface area contributed by atoms with Crippen LogP contribution in [0, 0.1) is 0 Å². The molecule has 19 heavy (non-hydrogen) atoms. The van der Waals surface area contributed by atoms with Crippen molar-refractivity contribution in [1.29, 1.82) is 0 Å². The van der Waals surface area contributed by atoms with Gasteiger partial charge in [-0.05, 0) is 33.1 Å². The van der Waals surface area contributed by atoms with E-state index in [-0.39, 0.29) is 12.2 Å². The molecule has 2 rings (SSSR count). The van der Waals surface area contributed by atoms with E-state index in [1.54, 1.807) is 0 Å². The van der Waals surface area contributed by atoms with E-state index >= 15 is 0 Å². The molecule has 1 saturated heterocycles. The van der Waals surface area contributed by atoms with E-state index in [0.717, 1.165) is 37.2 Å². The number of halogens is 1. The molecule has 5 heteroatoms. The maximum absolute atomic E-state index is 10.3. The summed E-state index contributed by atoms with van der Waals surface area (Å²) in [5.74, 6) is 0. The van der Waals surface area contributed by atoms with Crippen LogP contribution in [0.15, 0.2) is 0 Å². The van der Waals surface area contributed by atoms with Crippen molar-refractivity contribution in [3.63, 3.8) is 0 Å². The summed E-state index contributed by atoms with van der Waals surface area (Å²) in [6.45, 7) is 6.89. The number of hydrogen-bond donors (Lipinski definition) is 1. The Bertz CT molecular complexity index is 433. The van der Waals surface area contributed by atoms with Crippen LogP contribution in [0.5, 0.6) is 0 Å². The number of aliphatic hydroxyl groups is 1. The maximum Gasteiger partial charge on any atom is 0.0857 e. The number of ether oxygens (including phenoxy) is 1. The Morgan fingerprint density at radius 3 is 2.74 bits per heavy atom. The second-order valence-electron chi connectivity index (χ2n) is 5.21. The number of hydrogen-bond acceptors (Lipinski definition) is 3. The zero-order chi connectivity index (χ0) is 14.0. The molecule has 1 N–H and O–H groups in total. The van der Waals surface area contributed by atoms with Crippen LogP contribution in [0.1, 0.15) is 45.0 Å². The van der Waals surface area contributed by atoms with Crippen LogP contribution in [-0.2, 0) is 24.1 Å². The highest BCUT2D eigenvalue weighted by atomic mass is 35.5. The fourth-order valence-corrected chi connectivity index (χ4v) is 3.00. The van der Waals surface area contributed by atoms with Gasteiger partial charge >= 0.3 is 0 Å². The standard InChI is InChI=1S/C14H23ClN2O2/c1-4-10-14(15)11(17(5-2)16-10)8-12(18)13-7-6-9(3)19-13/h9,12-13,18H,4-8H2,1-3H3. The van der Waals surface area contributed by atoms with E-state index in [1.807, 2.05) is 25.5 Å². The predicted octanol–water partition coefficient (Wildman–Crippen LogP) is 2.59. The van der Waals surface area contributed by atoms with Gasteiger partial charge in [0, 0.05) is 13.0 Å². The van der Waals surface area contributed by atoms with E-state index in [1.165, 1.54) is 0 Å². The topological polar surface area (TPSA) is 47.3 Å². The zero-order valence-corrected chi connectivity index (χ0v) is 12.7. The Morgan fingerprint density at radius 1 is 1.47 bits per heavy atom. The molecule has 1 aromatic heterocycles. The number of rotatable bonds is 5. The molecule has 1 fully saturated rings. The monoisotopic (exact) mass is 286 g/mol. The first-order chi connectivity index (χ1) is 9.06. The molecule has 0 amide bonds. The van der Waals surface area contributed by atoms with E-state index in [4.69, 9.17) is 16.3 Å². The molecule has 3 unspecified atom stereocenters. The Kier molecular flexibility index (Phi) is 4.87. The van der Waals surface area contributed by atoms with Gasteiger partial charge in [0.05, 0.1) is 34.7 Å². The van der Waals surface area contributed by atoms with Gasteiger partial charge in [-0.25, -0.2) is 0 Å². The van der Waals surface area contributed by atoms with E-state index in [9.17, 15) is 5.11 Å². The highest BCUT2D eigenvalue weighted by Crippen LogP contribution is 2.27. The molecule has 1 aromatic rings. The van der Waals surface area contributed by atoms with Crippen molar-refractivity contribution < 1.29 is 9.84 Å². The fourth-order valence-electron chi connectivity index (χ4n) is 2.66. The summed E-state index contributed by atoms with van der Waals surface area (Å²) >= 11 is 6.35. The van der Waals surface area contributed by atoms with Crippen LogP contribution in [-0.4, -0.2) is 33.2 Å². The quantitative estimate of drug-likeness (QED) is 0.905. The fraction of sp³-hybridized carbons (Fsp3) is 0.786. The molecule has 0 aliphatic carbocycles. The predicted molar refractivity (Wildman–Crippen MR) is 75.6 cm³/mol. The number of aliphatic hydroxyl groups excluding tert-OH is 1. The van der Waals surface area contributed by atoms with Gasteiger partial charge in [0.1, 0.15) is 0 Å². The third kappa shape index (κ3) is 3.12. The highest BCUT2D eigenvalue weighted by Gasteiger charge is 2.30. The van der Waals surface area contributed by atoms with Crippen LogP contribution in [0.2, 0.25) is 5.02 Å². The largest absolute Gasteiger partial charge is 0.390 e. The first-order valence-corrected chi connectivity index (χ1v) is 7.52. The van der Waals surface area contributed by atoms with Crippen LogP contribution < -0.4 is 0 Å². The zero-order valence-electron chi connectivity index (χ0n) is 11.9. The van der Waals surface area contributed by atoms with Crippen LogP contribution >= 0.6 is 11.6 Å². The Hall–Kier alpha value is -0.580. The van der Waals surface area contributed by atoms with E-state index in [2.05, 4.69) is 5.10 Å². The van der Waals surface area contributed by atoms with Gasteiger partial charge in [-0.3, -0.25) is 4.68 Å². The van der Waals surface area contributed by atoms with Crippen molar-refractivity contribution in [1.82, 2.24) is 9.78 Å². The summed E-state index contributed by atoms with van der Waals surface area (Å²) in [6.07, 6.45) is 2.93. The summed E-state index contributed by atoms with van der Waals surface area (Å²) in [4.78, 5) is 0. The SMILES string of the molecule is CCc1nn(CC)c(CC(O)C2CCC(C)O2)c1Cl. The van der Waals surface area contributed by atoms with Gasteiger partial charge in [0.25, 0.3) is 0 Å². The van der Waals surface area contributed by atoms with Gasteiger partial charge < -0.3 is 9.84 Å². The Balaban J connectivity index is 2.11. The van der Waals surface area contributed by atoms with Crippen molar-refractivity contribution in [2.24, 2.45) is 0 Å². The molecular formula is C14H23ClN2O2. The second-order valence-corrected chi connectivity index (χ2v) is 5.59. The summed E-state index contributed by atoms with van der Waals surface area (Å²) in [5, 5.41) is 15.5. The highest BCUT2D eigenvalue weighted by molar-refractivity contribution is 6.31. The first-order valence-electron chi connectivity index (χ1n) is 7.14. The smallest absolute Gasteiger partial charge is 0.0857 e. The number of nitrogens with zero attached hydrogens (tertiary/aromatic N) is 2. The third-order valence-electron chi connectivity index (χ3n) is 3.79. The second kappa shape index (κ2) is 6.25. The lowest BCUT2D eigenvalue weighted by molar-refractivity contribution is -0.0285. The summed E-state index contributed by atoms with van der Waals surface area (Å²) in [6, 6.07) is 0. The summed E-state index contributed by atoms with van der Waals surface area (Å²) in [7, 11) is 0. The lowest BCUT2D eigenvalue weighted by Gasteiger charge is -2.19. The molecule has 108 valence electrons. The van der Waals surface area contributed by atoms with Gasteiger partial charge in [0.15, 0.2) is 0 Å². The lowest BCUT2D eigenvalue weighted by Crippen LogP contribution is -2.29. The third-order valence-corrected chi connectivity index (χ3v) is 4.23.